The fraction of sp³-hybridized carbons (Fsp3) is 0.133. The average Bonchev–Trinajstić information content (AvgIpc) is 2.43. The van der Waals surface area contributed by atoms with E-state index in [1.165, 1.54) is 13.2 Å². The van der Waals surface area contributed by atoms with Crippen LogP contribution in [0.25, 0.3) is 0 Å². The van der Waals surface area contributed by atoms with Crippen LogP contribution in [0.1, 0.15) is 21.5 Å². The number of rotatable bonds is 4. The number of phenols is 2. The van der Waals surface area contributed by atoms with Gasteiger partial charge in [-0.1, -0.05) is 24.3 Å². The van der Waals surface area contributed by atoms with Crippen LogP contribution in [0, 0.1) is 0 Å². The Hall–Kier alpha value is -2.49. The summed E-state index contributed by atoms with van der Waals surface area (Å²) in [6.07, 6.45) is 0.917. The van der Waals surface area contributed by atoms with E-state index in [1.54, 1.807) is 30.3 Å². The van der Waals surface area contributed by atoms with Crippen LogP contribution >= 0.6 is 0 Å². The van der Waals surface area contributed by atoms with Crippen molar-refractivity contribution in [2.45, 2.75) is 6.42 Å². The summed E-state index contributed by atoms with van der Waals surface area (Å²) >= 11 is 0. The molecule has 0 aromatic heterocycles. The Morgan fingerprint density at radius 3 is 2.32 bits per heavy atom. The molecule has 0 unspecified atom stereocenters. The second-order valence-electron chi connectivity index (χ2n) is 4.12. The van der Waals surface area contributed by atoms with Crippen LogP contribution in [0.15, 0.2) is 36.4 Å². The fourth-order valence-electron chi connectivity index (χ4n) is 1.93. The van der Waals surface area contributed by atoms with Gasteiger partial charge in [-0.15, -0.1) is 0 Å². The van der Waals surface area contributed by atoms with Crippen LogP contribution in [-0.2, 0) is 6.42 Å². The molecule has 0 aliphatic heterocycles. The number of aromatic hydroxyl groups is 2. The number of ether oxygens (including phenoxy) is 1. The first-order valence-electron chi connectivity index (χ1n) is 5.78. The third-order valence-corrected chi connectivity index (χ3v) is 2.96. The molecule has 2 aromatic rings. The van der Waals surface area contributed by atoms with E-state index in [1.807, 2.05) is 0 Å². The molecule has 0 spiro atoms. The molecule has 4 nitrogen and oxygen atoms in total. The lowest BCUT2D eigenvalue weighted by molar-refractivity contribution is 0.112. The first kappa shape index (κ1) is 13.0. The Balaban J connectivity index is 2.39. The molecule has 0 amide bonds. The highest BCUT2D eigenvalue weighted by molar-refractivity contribution is 5.80. The van der Waals surface area contributed by atoms with E-state index in [0.717, 1.165) is 0 Å². The zero-order chi connectivity index (χ0) is 13.8. The van der Waals surface area contributed by atoms with Crippen molar-refractivity contribution in [3.8, 4) is 17.2 Å². The molecule has 98 valence electrons. The van der Waals surface area contributed by atoms with E-state index < -0.39 is 0 Å². The molecule has 2 N–H and O–H groups in total. The van der Waals surface area contributed by atoms with Gasteiger partial charge in [-0.3, -0.25) is 4.79 Å². The normalized spacial score (nSPS) is 10.2. The van der Waals surface area contributed by atoms with Gasteiger partial charge >= 0.3 is 0 Å². The van der Waals surface area contributed by atoms with Crippen LogP contribution in [0.5, 0.6) is 17.2 Å². The van der Waals surface area contributed by atoms with Crippen molar-refractivity contribution in [3.05, 3.63) is 53.1 Å². The molecule has 0 bridgehead atoms. The predicted molar refractivity (Wildman–Crippen MR) is 71.0 cm³/mol. The Kier molecular flexibility index (Phi) is 3.71. The highest BCUT2D eigenvalue weighted by Gasteiger charge is 2.11. The predicted octanol–water partition coefficient (Wildman–Crippen LogP) is 2.51. The number of hydrogen-bond donors (Lipinski definition) is 2. The maximum atomic E-state index is 10.8. The summed E-state index contributed by atoms with van der Waals surface area (Å²) in [6, 6.07) is 10.1. The smallest absolute Gasteiger partial charge is 0.161 e. The van der Waals surface area contributed by atoms with Crippen LogP contribution in [0.2, 0.25) is 0 Å². The highest BCUT2D eigenvalue weighted by Crippen LogP contribution is 2.33. The van der Waals surface area contributed by atoms with Gasteiger partial charge in [0.05, 0.1) is 12.7 Å². The molecule has 0 atom stereocenters. The summed E-state index contributed by atoms with van der Waals surface area (Å²) in [5.74, 6) is 0.365. The number of methoxy groups -OCH3 is 1. The molecule has 0 fully saturated rings. The van der Waals surface area contributed by atoms with Crippen molar-refractivity contribution >= 4 is 6.29 Å². The van der Waals surface area contributed by atoms with Gasteiger partial charge in [-0.2, -0.15) is 0 Å². The second-order valence-corrected chi connectivity index (χ2v) is 4.12. The number of carbonyl (C=O) groups excluding carboxylic acids is 1. The van der Waals surface area contributed by atoms with E-state index in [9.17, 15) is 15.0 Å². The summed E-state index contributed by atoms with van der Waals surface area (Å²) in [5, 5.41) is 19.9. The van der Waals surface area contributed by atoms with Crippen molar-refractivity contribution in [1.29, 1.82) is 0 Å². The third kappa shape index (κ3) is 2.52. The molecular formula is C15H14O4. The SMILES string of the molecule is COc1cccc(Cc2cccc(C=O)c2O)c1O. The van der Waals surface area contributed by atoms with E-state index >= 15 is 0 Å². The molecule has 19 heavy (non-hydrogen) atoms. The van der Waals surface area contributed by atoms with E-state index in [4.69, 9.17) is 4.74 Å². The van der Waals surface area contributed by atoms with Gasteiger partial charge in [-0.25, -0.2) is 0 Å². The van der Waals surface area contributed by atoms with Crippen molar-refractivity contribution in [2.24, 2.45) is 0 Å². The fourth-order valence-corrected chi connectivity index (χ4v) is 1.93. The summed E-state index contributed by atoms with van der Waals surface area (Å²) in [5.41, 5.74) is 1.44. The number of carbonyl (C=O) groups is 1. The van der Waals surface area contributed by atoms with Gasteiger partial charge in [0, 0.05) is 12.0 Å². The van der Waals surface area contributed by atoms with Crippen LogP contribution in [-0.4, -0.2) is 23.6 Å². The van der Waals surface area contributed by atoms with Gasteiger partial charge < -0.3 is 14.9 Å². The van der Waals surface area contributed by atoms with Crippen molar-refractivity contribution in [3.63, 3.8) is 0 Å². The zero-order valence-corrected chi connectivity index (χ0v) is 10.5. The Morgan fingerprint density at radius 1 is 1.05 bits per heavy atom. The summed E-state index contributed by atoms with van der Waals surface area (Å²) < 4.78 is 5.03. The maximum Gasteiger partial charge on any atom is 0.161 e. The third-order valence-electron chi connectivity index (χ3n) is 2.96. The van der Waals surface area contributed by atoms with Crippen molar-refractivity contribution in [1.82, 2.24) is 0 Å². The van der Waals surface area contributed by atoms with Gasteiger partial charge in [-0.05, 0) is 17.7 Å². The molecule has 2 aromatic carbocycles. The molecule has 0 saturated heterocycles. The molecule has 0 aliphatic carbocycles. The number of benzene rings is 2. The molecule has 4 heteroatoms. The first-order valence-corrected chi connectivity index (χ1v) is 5.78. The molecule has 0 radical (unpaired) electrons. The number of hydrogen-bond acceptors (Lipinski definition) is 4. The number of phenolic OH excluding ortho intramolecular Hbond substituents is 2. The molecule has 0 aliphatic rings. The van der Waals surface area contributed by atoms with Crippen molar-refractivity contribution in [2.75, 3.05) is 7.11 Å². The minimum Gasteiger partial charge on any atom is -0.507 e. The maximum absolute atomic E-state index is 10.8. The minimum atomic E-state index is -0.0558. The minimum absolute atomic E-state index is 0.0425. The zero-order valence-electron chi connectivity index (χ0n) is 10.5. The largest absolute Gasteiger partial charge is 0.507 e. The Labute approximate surface area is 110 Å². The van der Waals surface area contributed by atoms with E-state index in [-0.39, 0.29) is 17.1 Å². The standard InChI is InChI=1S/C15H14O4/c1-19-13-7-3-5-11(15(13)18)8-10-4-2-6-12(9-16)14(10)17/h2-7,9,17-18H,8H2,1H3. The second kappa shape index (κ2) is 5.44. The molecular weight excluding hydrogens is 244 g/mol. The van der Waals surface area contributed by atoms with Crippen LogP contribution in [0.3, 0.4) is 0 Å². The van der Waals surface area contributed by atoms with Gasteiger partial charge in [0.2, 0.25) is 0 Å². The van der Waals surface area contributed by atoms with Gasteiger partial charge in [0.1, 0.15) is 5.75 Å². The van der Waals surface area contributed by atoms with Crippen LogP contribution in [0.4, 0.5) is 0 Å². The van der Waals surface area contributed by atoms with E-state index in [0.29, 0.717) is 29.6 Å². The lowest BCUT2D eigenvalue weighted by Gasteiger charge is -2.10. The molecule has 0 heterocycles. The van der Waals surface area contributed by atoms with Crippen LogP contribution < -0.4 is 4.74 Å². The average molecular weight is 258 g/mol. The summed E-state index contributed by atoms with van der Waals surface area (Å²) in [4.78, 5) is 10.8. The van der Waals surface area contributed by atoms with E-state index in [2.05, 4.69) is 0 Å². The monoisotopic (exact) mass is 258 g/mol. The summed E-state index contributed by atoms with van der Waals surface area (Å²) in [6.45, 7) is 0. The lowest BCUT2D eigenvalue weighted by atomic mass is 10.0. The molecule has 0 saturated carbocycles. The topological polar surface area (TPSA) is 66.8 Å². The molecule has 2 rings (SSSR count). The Morgan fingerprint density at radius 2 is 1.68 bits per heavy atom. The number of para-hydroxylation sites is 2. The number of aldehydes is 1. The lowest BCUT2D eigenvalue weighted by Crippen LogP contribution is -1.94. The Bertz CT molecular complexity index is 605. The quantitative estimate of drug-likeness (QED) is 0.827. The van der Waals surface area contributed by atoms with Gasteiger partial charge in [0.25, 0.3) is 0 Å². The van der Waals surface area contributed by atoms with Gasteiger partial charge in [0.15, 0.2) is 17.8 Å². The van der Waals surface area contributed by atoms with Crippen molar-refractivity contribution < 1.29 is 19.7 Å². The highest BCUT2D eigenvalue weighted by atomic mass is 16.5. The first-order chi connectivity index (χ1) is 9.17. The summed E-state index contributed by atoms with van der Waals surface area (Å²) in [7, 11) is 1.48.